The third-order valence-corrected chi connectivity index (χ3v) is 3.68. The maximum absolute atomic E-state index is 12.2. The predicted octanol–water partition coefficient (Wildman–Crippen LogP) is 3.40. The molecule has 0 aliphatic rings. The molecule has 3 heteroatoms. The van der Waals surface area contributed by atoms with Crippen LogP contribution in [0.3, 0.4) is 0 Å². The van der Waals surface area contributed by atoms with E-state index in [1.807, 2.05) is 42.5 Å². The van der Waals surface area contributed by atoms with Gasteiger partial charge < -0.3 is 5.32 Å². The third-order valence-electron chi connectivity index (χ3n) is 3.68. The molecule has 2 aromatic carbocycles. The van der Waals surface area contributed by atoms with E-state index in [0.29, 0.717) is 13.0 Å². The summed E-state index contributed by atoms with van der Waals surface area (Å²) in [5, 5.41) is 4.03. The second-order valence-corrected chi connectivity index (χ2v) is 5.43. The Bertz CT molecular complexity index is 789. The minimum absolute atomic E-state index is 0.0127. The molecule has 0 saturated carbocycles. The smallest absolute Gasteiger partial charge is 0.224 e. The van der Waals surface area contributed by atoms with Crippen LogP contribution in [0.2, 0.25) is 0 Å². The number of nitrogens with one attached hydrogen (secondary N) is 1. The molecule has 1 aromatic heterocycles. The molecular formula is C19H18N2O. The highest BCUT2D eigenvalue weighted by Crippen LogP contribution is 2.16. The third kappa shape index (κ3) is 3.31. The highest BCUT2D eigenvalue weighted by Gasteiger charge is 2.07. The van der Waals surface area contributed by atoms with Crippen LogP contribution in [0.25, 0.3) is 10.9 Å². The first-order valence-electron chi connectivity index (χ1n) is 7.37. The Morgan fingerprint density at radius 1 is 1.05 bits per heavy atom. The lowest BCUT2D eigenvalue weighted by atomic mass is 10.1. The lowest BCUT2D eigenvalue weighted by Gasteiger charge is -2.07. The van der Waals surface area contributed by atoms with Crippen molar-refractivity contribution in [3.05, 3.63) is 77.5 Å². The molecule has 0 radical (unpaired) electrons. The van der Waals surface area contributed by atoms with Gasteiger partial charge in [0.1, 0.15) is 0 Å². The van der Waals surface area contributed by atoms with Gasteiger partial charge >= 0.3 is 0 Å². The van der Waals surface area contributed by atoms with E-state index >= 15 is 0 Å². The molecule has 0 fully saturated rings. The number of carbonyl (C=O) groups excluding carboxylic acids is 1. The van der Waals surface area contributed by atoms with Gasteiger partial charge in [-0.25, -0.2) is 0 Å². The highest BCUT2D eigenvalue weighted by molar-refractivity contribution is 5.87. The molecule has 110 valence electrons. The molecule has 1 amide bonds. The van der Waals surface area contributed by atoms with E-state index in [1.165, 1.54) is 5.56 Å². The second kappa shape index (κ2) is 6.39. The van der Waals surface area contributed by atoms with E-state index in [4.69, 9.17) is 0 Å². The molecule has 3 aromatic rings. The Kier molecular flexibility index (Phi) is 4.15. The van der Waals surface area contributed by atoms with Crippen molar-refractivity contribution in [2.75, 3.05) is 0 Å². The van der Waals surface area contributed by atoms with Crippen molar-refractivity contribution < 1.29 is 4.79 Å². The molecule has 0 unspecified atom stereocenters. The van der Waals surface area contributed by atoms with Crippen LogP contribution in [0.4, 0.5) is 0 Å². The Hall–Kier alpha value is -2.68. The van der Waals surface area contributed by atoms with Crippen molar-refractivity contribution in [3.8, 4) is 0 Å². The van der Waals surface area contributed by atoms with Crippen LogP contribution in [0.15, 0.2) is 60.8 Å². The SMILES string of the molecule is Cc1ccc(CNC(=O)Cc2cccc3cccnc23)cc1. The van der Waals surface area contributed by atoms with E-state index in [2.05, 4.69) is 29.4 Å². The highest BCUT2D eigenvalue weighted by atomic mass is 16.1. The number of benzene rings is 2. The average molecular weight is 290 g/mol. The number of nitrogens with zero attached hydrogens (tertiary/aromatic N) is 1. The topological polar surface area (TPSA) is 42.0 Å². The first kappa shape index (κ1) is 14.3. The van der Waals surface area contributed by atoms with Crippen LogP contribution in [0, 0.1) is 6.92 Å². The minimum Gasteiger partial charge on any atom is -0.352 e. The van der Waals surface area contributed by atoms with Crippen molar-refractivity contribution in [1.82, 2.24) is 10.3 Å². The lowest BCUT2D eigenvalue weighted by molar-refractivity contribution is -0.120. The lowest BCUT2D eigenvalue weighted by Crippen LogP contribution is -2.24. The van der Waals surface area contributed by atoms with Gasteiger partial charge in [0.05, 0.1) is 11.9 Å². The van der Waals surface area contributed by atoms with Gasteiger partial charge in [0.2, 0.25) is 5.91 Å². The molecular weight excluding hydrogens is 272 g/mol. The van der Waals surface area contributed by atoms with E-state index in [1.54, 1.807) is 6.20 Å². The molecule has 0 spiro atoms. The van der Waals surface area contributed by atoms with Gasteiger partial charge in [-0.05, 0) is 24.1 Å². The molecule has 1 N–H and O–H groups in total. The summed E-state index contributed by atoms with van der Waals surface area (Å²) in [5.74, 6) is 0.0127. The molecule has 3 nitrogen and oxygen atoms in total. The number of aromatic nitrogens is 1. The van der Waals surface area contributed by atoms with Crippen LogP contribution in [-0.2, 0) is 17.8 Å². The number of hydrogen-bond acceptors (Lipinski definition) is 2. The largest absolute Gasteiger partial charge is 0.352 e. The van der Waals surface area contributed by atoms with Crippen molar-refractivity contribution in [2.45, 2.75) is 19.9 Å². The van der Waals surface area contributed by atoms with Crippen molar-refractivity contribution in [3.63, 3.8) is 0 Å². The zero-order chi connectivity index (χ0) is 15.4. The quantitative estimate of drug-likeness (QED) is 0.800. The fraction of sp³-hybridized carbons (Fsp3) is 0.158. The Morgan fingerprint density at radius 3 is 2.64 bits per heavy atom. The normalized spacial score (nSPS) is 10.6. The minimum atomic E-state index is 0.0127. The molecule has 1 heterocycles. The summed E-state index contributed by atoms with van der Waals surface area (Å²) < 4.78 is 0. The fourth-order valence-electron chi connectivity index (χ4n) is 2.45. The Labute approximate surface area is 130 Å². The van der Waals surface area contributed by atoms with Crippen molar-refractivity contribution in [1.29, 1.82) is 0 Å². The van der Waals surface area contributed by atoms with Crippen LogP contribution < -0.4 is 5.32 Å². The first-order valence-corrected chi connectivity index (χ1v) is 7.37. The Morgan fingerprint density at radius 2 is 1.82 bits per heavy atom. The van der Waals surface area contributed by atoms with Gasteiger partial charge in [0.25, 0.3) is 0 Å². The van der Waals surface area contributed by atoms with E-state index in [0.717, 1.165) is 22.0 Å². The van der Waals surface area contributed by atoms with Crippen LogP contribution in [0.5, 0.6) is 0 Å². The number of aryl methyl sites for hydroxylation is 1. The van der Waals surface area contributed by atoms with Crippen LogP contribution in [0.1, 0.15) is 16.7 Å². The molecule has 0 bridgehead atoms. The monoisotopic (exact) mass is 290 g/mol. The molecule has 0 atom stereocenters. The fourth-order valence-corrected chi connectivity index (χ4v) is 2.45. The van der Waals surface area contributed by atoms with Gasteiger partial charge in [0, 0.05) is 18.1 Å². The number of para-hydroxylation sites is 1. The molecule has 0 saturated heterocycles. The standard InChI is InChI=1S/C19H18N2O/c1-14-7-9-15(10-8-14)13-21-18(22)12-17-5-2-4-16-6-3-11-20-19(16)17/h2-11H,12-13H2,1H3,(H,21,22). The summed E-state index contributed by atoms with van der Waals surface area (Å²) >= 11 is 0. The average Bonchev–Trinajstić information content (AvgIpc) is 2.55. The summed E-state index contributed by atoms with van der Waals surface area (Å²) in [5.41, 5.74) is 4.18. The first-order chi connectivity index (χ1) is 10.7. The summed E-state index contributed by atoms with van der Waals surface area (Å²) in [6.07, 6.45) is 2.11. The van der Waals surface area contributed by atoms with Crippen molar-refractivity contribution in [2.24, 2.45) is 0 Å². The number of fused-ring (bicyclic) bond motifs is 1. The number of pyridine rings is 1. The van der Waals surface area contributed by atoms with Crippen molar-refractivity contribution >= 4 is 16.8 Å². The number of hydrogen-bond donors (Lipinski definition) is 1. The van der Waals surface area contributed by atoms with Gasteiger partial charge in [-0.1, -0.05) is 54.1 Å². The molecule has 22 heavy (non-hydrogen) atoms. The van der Waals surface area contributed by atoms with Gasteiger partial charge in [0.15, 0.2) is 0 Å². The van der Waals surface area contributed by atoms with Gasteiger partial charge in [-0.2, -0.15) is 0 Å². The van der Waals surface area contributed by atoms with E-state index in [-0.39, 0.29) is 5.91 Å². The summed E-state index contributed by atoms with van der Waals surface area (Å²) in [7, 11) is 0. The second-order valence-electron chi connectivity index (χ2n) is 5.43. The number of amides is 1. The van der Waals surface area contributed by atoms with E-state index < -0.39 is 0 Å². The molecule has 0 aliphatic heterocycles. The predicted molar refractivity (Wildman–Crippen MR) is 88.5 cm³/mol. The summed E-state index contributed by atoms with van der Waals surface area (Å²) in [6.45, 7) is 2.60. The number of rotatable bonds is 4. The van der Waals surface area contributed by atoms with Crippen LogP contribution in [-0.4, -0.2) is 10.9 Å². The van der Waals surface area contributed by atoms with E-state index in [9.17, 15) is 4.79 Å². The molecule has 0 aliphatic carbocycles. The van der Waals surface area contributed by atoms with Gasteiger partial charge in [-0.15, -0.1) is 0 Å². The summed E-state index contributed by atoms with van der Waals surface area (Å²) in [6, 6.07) is 18.0. The zero-order valence-corrected chi connectivity index (χ0v) is 12.5. The Balaban J connectivity index is 1.67. The van der Waals surface area contributed by atoms with Gasteiger partial charge in [-0.3, -0.25) is 9.78 Å². The zero-order valence-electron chi connectivity index (χ0n) is 12.5. The maximum Gasteiger partial charge on any atom is 0.224 e. The maximum atomic E-state index is 12.2. The molecule has 3 rings (SSSR count). The van der Waals surface area contributed by atoms with Crippen LogP contribution >= 0.6 is 0 Å². The summed E-state index contributed by atoms with van der Waals surface area (Å²) in [4.78, 5) is 16.5. The number of carbonyl (C=O) groups is 1.